The lowest BCUT2D eigenvalue weighted by Crippen LogP contribution is -2.42. The number of benzene rings is 2. The summed E-state index contributed by atoms with van der Waals surface area (Å²) in [4.78, 5) is 2.46. The highest BCUT2D eigenvalue weighted by molar-refractivity contribution is 5.62. The molecule has 1 aliphatic heterocycles. The molecule has 4 rings (SSSR count). The molecule has 0 bridgehead atoms. The summed E-state index contributed by atoms with van der Waals surface area (Å²) in [7, 11) is 1.70. The first-order valence-electron chi connectivity index (χ1n) is 11.4. The van der Waals surface area contributed by atoms with Gasteiger partial charge in [-0.05, 0) is 61.1 Å². The monoisotopic (exact) mass is 445 g/mol. The molecule has 0 aliphatic carbocycles. The second-order valence-corrected chi connectivity index (χ2v) is 9.45. The molecule has 33 heavy (non-hydrogen) atoms. The van der Waals surface area contributed by atoms with Crippen LogP contribution in [0.15, 0.2) is 48.7 Å². The lowest BCUT2D eigenvalue weighted by atomic mass is 9.75. The predicted molar refractivity (Wildman–Crippen MR) is 127 cm³/mol. The third kappa shape index (κ3) is 5.08. The van der Waals surface area contributed by atoms with E-state index in [1.165, 1.54) is 0 Å². The Morgan fingerprint density at radius 3 is 2.70 bits per heavy atom. The Morgan fingerprint density at radius 1 is 1.21 bits per heavy atom. The van der Waals surface area contributed by atoms with Crippen molar-refractivity contribution in [1.82, 2.24) is 19.9 Å². The summed E-state index contributed by atoms with van der Waals surface area (Å²) < 4.78 is 7.43. The van der Waals surface area contributed by atoms with Crippen molar-refractivity contribution in [1.29, 1.82) is 5.26 Å². The van der Waals surface area contributed by atoms with Gasteiger partial charge in [-0.25, -0.2) is 4.68 Å². The maximum absolute atomic E-state index is 9.78. The van der Waals surface area contributed by atoms with Crippen LogP contribution in [0.4, 0.5) is 0 Å². The molecule has 1 aromatic heterocycles. The van der Waals surface area contributed by atoms with E-state index in [0.717, 1.165) is 60.7 Å². The molecule has 0 unspecified atom stereocenters. The first-order valence-corrected chi connectivity index (χ1v) is 11.4. The number of nitrogens with zero attached hydrogens (tertiary/aromatic N) is 5. The van der Waals surface area contributed by atoms with E-state index >= 15 is 0 Å². The minimum Gasteiger partial charge on any atom is -0.496 e. The third-order valence-electron chi connectivity index (χ3n) is 6.75. The number of piperidine rings is 1. The standard InChI is InChI=1S/C26H31N5O2/c1-26(2,18-32)22-5-4-12-30(16-22)15-21-9-8-20(13-25(21)33-3)24-17-31(29-28-24)23-10-6-19(14-27)7-11-23/h6-11,13,17,22,32H,4-5,12,15-16,18H2,1-3H3/t22-/m0/s1. The van der Waals surface area contributed by atoms with Crippen LogP contribution in [0.1, 0.15) is 37.8 Å². The summed E-state index contributed by atoms with van der Waals surface area (Å²) >= 11 is 0. The number of ether oxygens (including phenoxy) is 1. The number of likely N-dealkylation sites (tertiary alicyclic amines) is 1. The Kier molecular flexibility index (Phi) is 6.77. The maximum Gasteiger partial charge on any atom is 0.124 e. The Bertz CT molecular complexity index is 1130. The summed E-state index contributed by atoms with van der Waals surface area (Å²) in [6.45, 7) is 7.38. The highest BCUT2D eigenvalue weighted by Crippen LogP contribution is 2.35. The van der Waals surface area contributed by atoms with Crippen molar-refractivity contribution < 1.29 is 9.84 Å². The molecular formula is C26H31N5O2. The second kappa shape index (κ2) is 9.74. The van der Waals surface area contributed by atoms with Crippen LogP contribution in [-0.2, 0) is 6.54 Å². The number of aromatic nitrogens is 3. The minimum absolute atomic E-state index is 0.0621. The molecule has 1 N–H and O–H groups in total. The molecule has 0 spiro atoms. The van der Waals surface area contributed by atoms with Gasteiger partial charge in [0.2, 0.25) is 0 Å². The first kappa shape index (κ1) is 23.0. The van der Waals surface area contributed by atoms with Gasteiger partial charge in [0.05, 0.1) is 30.6 Å². The molecule has 3 aromatic rings. The Hall–Kier alpha value is -3.21. The van der Waals surface area contributed by atoms with Crippen LogP contribution in [0.2, 0.25) is 0 Å². The van der Waals surface area contributed by atoms with Crippen molar-refractivity contribution in [3.63, 3.8) is 0 Å². The fraction of sp³-hybridized carbons (Fsp3) is 0.423. The smallest absolute Gasteiger partial charge is 0.124 e. The van der Waals surface area contributed by atoms with Gasteiger partial charge in [-0.3, -0.25) is 4.90 Å². The van der Waals surface area contributed by atoms with E-state index in [9.17, 15) is 5.11 Å². The fourth-order valence-corrected chi connectivity index (χ4v) is 4.45. The van der Waals surface area contributed by atoms with Gasteiger partial charge in [-0.2, -0.15) is 5.26 Å². The molecule has 1 saturated heterocycles. The van der Waals surface area contributed by atoms with E-state index in [0.29, 0.717) is 11.5 Å². The van der Waals surface area contributed by atoms with Gasteiger partial charge in [0.15, 0.2) is 0 Å². The lowest BCUT2D eigenvalue weighted by Gasteiger charge is -2.40. The van der Waals surface area contributed by atoms with Crippen molar-refractivity contribution in [3.8, 4) is 28.8 Å². The fourth-order valence-electron chi connectivity index (χ4n) is 4.45. The number of nitriles is 1. The van der Waals surface area contributed by atoms with E-state index in [2.05, 4.69) is 47.3 Å². The Labute approximate surface area is 195 Å². The van der Waals surface area contributed by atoms with Crippen LogP contribution in [0.3, 0.4) is 0 Å². The van der Waals surface area contributed by atoms with Crippen LogP contribution < -0.4 is 4.74 Å². The highest BCUT2D eigenvalue weighted by Gasteiger charge is 2.32. The van der Waals surface area contributed by atoms with E-state index in [4.69, 9.17) is 10.00 Å². The number of methoxy groups -OCH3 is 1. The van der Waals surface area contributed by atoms with Crippen LogP contribution in [0, 0.1) is 22.7 Å². The lowest BCUT2D eigenvalue weighted by molar-refractivity contribution is 0.0380. The Morgan fingerprint density at radius 2 is 2.00 bits per heavy atom. The molecule has 7 heteroatoms. The summed E-state index contributed by atoms with van der Waals surface area (Å²) in [6.07, 6.45) is 4.18. The van der Waals surface area contributed by atoms with Crippen molar-refractivity contribution in [3.05, 3.63) is 59.8 Å². The van der Waals surface area contributed by atoms with Crippen LogP contribution >= 0.6 is 0 Å². The van der Waals surface area contributed by atoms with Crippen molar-refractivity contribution in [2.75, 3.05) is 26.8 Å². The molecule has 1 aliphatic rings. The molecule has 0 amide bonds. The van der Waals surface area contributed by atoms with E-state index in [-0.39, 0.29) is 12.0 Å². The number of hydrogen-bond acceptors (Lipinski definition) is 6. The van der Waals surface area contributed by atoms with Crippen molar-refractivity contribution in [2.24, 2.45) is 11.3 Å². The Balaban J connectivity index is 1.50. The zero-order valence-electron chi connectivity index (χ0n) is 19.5. The number of hydrogen-bond donors (Lipinski definition) is 1. The van der Waals surface area contributed by atoms with Gasteiger partial charge in [0.1, 0.15) is 11.4 Å². The average Bonchev–Trinajstić information content (AvgIpc) is 3.35. The molecule has 2 aromatic carbocycles. The molecule has 2 heterocycles. The summed E-state index contributed by atoms with van der Waals surface area (Å²) in [5.74, 6) is 1.32. The summed E-state index contributed by atoms with van der Waals surface area (Å²) in [5, 5.41) is 27.3. The van der Waals surface area contributed by atoms with Gasteiger partial charge in [-0.1, -0.05) is 31.2 Å². The van der Waals surface area contributed by atoms with E-state index in [1.807, 2.05) is 24.4 Å². The zero-order chi connectivity index (χ0) is 23.4. The molecule has 0 radical (unpaired) electrons. The topological polar surface area (TPSA) is 87.2 Å². The number of aliphatic hydroxyl groups excluding tert-OH is 1. The largest absolute Gasteiger partial charge is 0.496 e. The van der Waals surface area contributed by atoms with Gasteiger partial charge in [0.25, 0.3) is 0 Å². The van der Waals surface area contributed by atoms with E-state index < -0.39 is 0 Å². The van der Waals surface area contributed by atoms with Crippen LogP contribution in [-0.4, -0.2) is 51.8 Å². The molecule has 1 atom stereocenters. The van der Waals surface area contributed by atoms with Gasteiger partial charge in [0, 0.05) is 30.8 Å². The summed E-state index contributed by atoms with van der Waals surface area (Å²) in [6, 6.07) is 15.5. The van der Waals surface area contributed by atoms with Gasteiger partial charge in [-0.15, -0.1) is 5.10 Å². The summed E-state index contributed by atoms with van der Waals surface area (Å²) in [5.41, 5.74) is 4.23. The van der Waals surface area contributed by atoms with E-state index in [1.54, 1.807) is 23.9 Å². The first-order chi connectivity index (χ1) is 15.9. The van der Waals surface area contributed by atoms with Crippen LogP contribution in [0.5, 0.6) is 5.75 Å². The molecule has 7 nitrogen and oxygen atoms in total. The normalized spacial score (nSPS) is 17.0. The highest BCUT2D eigenvalue weighted by atomic mass is 16.5. The van der Waals surface area contributed by atoms with Gasteiger partial charge < -0.3 is 9.84 Å². The van der Waals surface area contributed by atoms with Crippen molar-refractivity contribution in [2.45, 2.75) is 33.2 Å². The SMILES string of the molecule is COc1cc(-c2cn(-c3ccc(C#N)cc3)nn2)ccc1CN1CCC[C@H](C(C)(C)CO)C1. The maximum atomic E-state index is 9.78. The van der Waals surface area contributed by atoms with Gasteiger partial charge >= 0.3 is 0 Å². The second-order valence-electron chi connectivity index (χ2n) is 9.45. The predicted octanol–water partition coefficient (Wildman–Crippen LogP) is 4.05. The minimum atomic E-state index is -0.0621. The molecular weight excluding hydrogens is 414 g/mol. The third-order valence-corrected chi connectivity index (χ3v) is 6.75. The molecule has 0 saturated carbocycles. The van der Waals surface area contributed by atoms with Crippen LogP contribution in [0.25, 0.3) is 16.9 Å². The quantitative estimate of drug-likeness (QED) is 0.590. The van der Waals surface area contributed by atoms with Crippen molar-refractivity contribution >= 4 is 0 Å². The number of rotatable bonds is 7. The molecule has 1 fully saturated rings. The zero-order valence-corrected chi connectivity index (χ0v) is 19.5. The average molecular weight is 446 g/mol. The molecule has 172 valence electrons. The number of aliphatic hydroxyl groups is 1.